The molecule has 1 fully saturated rings. The molecule has 3 heterocycles. The average molecular weight is 446 g/mol. The predicted molar refractivity (Wildman–Crippen MR) is 120 cm³/mol. The van der Waals surface area contributed by atoms with Crippen LogP contribution in [0.1, 0.15) is 22.0 Å². The molecule has 1 amide bonds. The van der Waals surface area contributed by atoms with Crippen molar-refractivity contribution in [2.24, 2.45) is 0 Å². The Morgan fingerprint density at radius 3 is 2.36 bits per heavy atom. The number of aromatic nitrogens is 2. The van der Waals surface area contributed by atoms with Gasteiger partial charge in [-0.1, -0.05) is 35.0 Å². The van der Waals surface area contributed by atoms with Crippen LogP contribution >= 0.6 is 0 Å². The lowest BCUT2D eigenvalue weighted by atomic mass is 10.1. The molecule has 1 saturated heterocycles. The third-order valence-electron chi connectivity index (χ3n) is 5.74. The van der Waals surface area contributed by atoms with E-state index in [0.717, 1.165) is 11.1 Å². The van der Waals surface area contributed by atoms with Gasteiger partial charge in [-0.2, -0.15) is 4.98 Å². The molecule has 0 atom stereocenters. The van der Waals surface area contributed by atoms with Crippen LogP contribution in [0, 0.1) is 12.7 Å². The van der Waals surface area contributed by atoms with Crippen LogP contribution in [0.15, 0.2) is 69.6 Å². The van der Waals surface area contributed by atoms with Gasteiger partial charge in [-0.25, -0.2) is 4.39 Å². The van der Waals surface area contributed by atoms with Gasteiger partial charge in [0.1, 0.15) is 11.6 Å². The second-order valence-corrected chi connectivity index (χ2v) is 8.12. The summed E-state index contributed by atoms with van der Waals surface area (Å²) in [6.45, 7) is 5.11. The number of benzene rings is 2. The molecule has 0 spiro atoms. The van der Waals surface area contributed by atoms with E-state index in [1.54, 1.807) is 29.2 Å². The lowest BCUT2D eigenvalue weighted by Gasteiger charge is -2.33. The van der Waals surface area contributed by atoms with Crippen LogP contribution in [0.4, 0.5) is 4.39 Å². The quantitative estimate of drug-likeness (QED) is 0.452. The van der Waals surface area contributed by atoms with E-state index in [2.05, 4.69) is 15.0 Å². The van der Waals surface area contributed by atoms with E-state index < -0.39 is 0 Å². The number of furan rings is 1. The zero-order valence-corrected chi connectivity index (χ0v) is 18.2. The summed E-state index contributed by atoms with van der Waals surface area (Å²) >= 11 is 0. The Kier molecular flexibility index (Phi) is 5.75. The Balaban J connectivity index is 1.16. The number of carbonyl (C=O) groups is 1. The molecule has 7 nitrogen and oxygen atoms in total. The van der Waals surface area contributed by atoms with Crippen molar-refractivity contribution in [2.45, 2.75) is 13.5 Å². The summed E-state index contributed by atoms with van der Waals surface area (Å²) in [4.78, 5) is 21.3. The van der Waals surface area contributed by atoms with E-state index in [9.17, 15) is 9.18 Å². The summed E-state index contributed by atoms with van der Waals surface area (Å²) in [6, 6.07) is 17.4. The minimum Gasteiger partial charge on any atom is -0.451 e. The summed E-state index contributed by atoms with van der Waals surface area (Å²) in [6.07, 6.45) is 0. The monoisotopic (exact) mass is 446 g/mol. The molecule has 0 N–H and O–H groups in total. The molecular formula is C25H23FN4O3. The molecule has 8 heteroatoms. The normalized spacial score (nSPS) is 14.5. The van der Waals surface area contributed by atoms with Crippen LogP contribution in [-0.2, 0) is 6.54 Å². The third-order valence-corrected chi connectivity index (χ3v) is 5.74. The fourth-order valence-corrected chi connectivity index (χ4v) is 3.82. The fraction of sp³-hybridized carbons (Fsp3) is 0.240. The first-order valence-corrected chi connectivity index (χ1v) is 10.8. The van der Waals surface area contributed by atoms with Crippen molar-refractivity contribution in [3.05, 3.63) is 83.7 Å². The molecule has 1 aliphatic rings. The Bertz CT molecular complexity index is 1240. The Labute approximate surface area is 190 Å². The predicted octanol–water partition coefficient (Wildman–Crippen LogP) is 4.40. The lowest BCUT2D eigenvalue weighted by molar-refractivity contribution is 0.0586. The van der Waals surface area contributed by atoms with E-state index in [1.807, 2.05) is 31.2 Å². The van der Waals surface area contributed by atoms with Crippen molar-refractivity contribution in [1.29, 1.82) is 0 Å². The number of halogens is 1. The minimum absolute atomic E-state index is 0.151. The van der Waals surface area contributed by atoms with Gasteiger partial charge in [0.15, 0.2) is 5.76 Å². The molecule has 2 aromatic carbocycles. The van der Waals surface area contributed by atoms with Crippen molar-refractivity contribution in [3.8, 4) is 22.7 Å². The summed E-state index contributed by atoms with van der Waals surface area (Å²) in [5, 5.41) is 4.09. The van der Waals surface area contributed by atoms with Crippen LogP contribution < -0.4 is 0 Å². The van der Waals surface area contributed by atoms with E-state index in [0.29, 0.717) is 50.2 Å². The SMILES string of the molecule is Cc1ccc(-c2noc(CN3CCN(C(=O)c4ccc(-c5ccc(F)cc5)o4)CC3)n2)cc1. The maximum atomic E-state index is 13.1. The van der Waals surface area contributed by atoms with Crippen molar-refractivity contribution >= 4 is 5.91 Å². The zero-order valence-electron chi connectivity index (χ0n) is 18.2. The maximum absolute atomic E-state index is 13.1. The number of carbonyl (C=O) groups excluding carboxylic acids is 1. The highest BCUT2D eigenvalue weighted by atomic mass is 19.1. The second kappa shape index (κ2) is 8.99. The highest BCUT2D eigenvalue weighted by molar-refractivity contribution is 5.92. The topological polar surface area (TPSA) is 75.6 Å². The van der Waals surface area contributed by atoms with Crippen molar-refractivity contribution in [3.63, 3.8) is 0 Å². The number of hydrogen-bond donors (Lipinski definition) is 0. The molecule has 4 aromatic rings. The second-order valence-electron chi connectivity index (χ2n) is 8.12. The number of nitrogens with zero attached hydrogens (tertiary/aromatic N) is 4. The van der Waals surface area contributed by atoms with Gasteiger partial charge in [0, 0.05) is 37.3 Å². The van der Waals surface area contributed by atoms with Crippen LogP contribution in [0.25, 0.3) is 22.7 Å². The molecule has 0 radical (unpaired) electrons. The zero-order chi connectivity index (χ0) is 22.8. The van der Waals surface area contributed by atoms with E-state index in [1.165, 1.54) is 17.7 Å². The Morgan fingerprint density at radius 1 is 0.939 bits per heavy atom. The van der Waals surface area contributed by atoms with Crippen molar-refractivity contribution in [1.82, 2.24) is 19.9 Å². The summed E-state index contributed by atoms with van der Waals surface area (Å²) in [5.41, 5.74) is 2.82. The molecule has 0 unspecified atom stereocenters. The summed E-state index contributed by atoms with van der Waals surface area (Å²) in [5.74, 6) is 1.49. The van der Waals surface area contributed by atoms with E-state index in [4.69, 9.17) is 8.94 Å². The van der Waals surface area contributed by atoms with Gasteiger partial charge < -0.3 is 13.8 Å². The molecule has 168 valence electrons. The number of rotatable bonds is 5. The van der Waals surface area contributed by atoms with Gasteiger partial charge in [0.25, 0.3) is 5.91 Å². The number of hydrogen-bond acceptors (Lipinski definition) is 6. The van der Waals surface area contributed by atoms with Gasteiger partial charge in [0.2, 0.25) is 11.7 Å². The molecule has 2 aromatic heterocycles. The highest BCUT2D eigenvalue weighted by Gasteiger charge is 2.25. The summed E-state index contributed by atoms with van der Waals surface area (Å²) < 4.78 is 24.3. The maximum Gasteiger partial charge on any atom is 0.289 e. The van der Waals surface area contributed by atoms with Crippen LogP contribution in [0.5, 0.6) is 0 Å². The number of piperazine rings is 1. The van der Waals surface area contributed by atoms with Crippen LogP contribution in [-0.4, -0.2) is 52.0 Å². The highest BCUT2D eigenvalue weighted by Crippen LogP contribution is 2.24. The molecule has 33 heavy (non-hydrogen) atoms. The molecule has 0 saturated carbocycles. The van der Waals surface area contributed by atoms with Crippen molar-refractivity contribution < 1.29 is 18.1 Å². The molecule has 5 rings (SSSR count). The molecule has 0 bridgehead atoms. The Hall–Kier alpha value is -3.78. The van der Waals surface area contributed by atoms with Gasteiger partial charge in [0.05, 0.1) is 6.54 Å². The van der Waals surface area contributed by atoms with E-state index in [-0.39, 0.29) is 17.5 Å². The van der Waals surface area contributed by atoms with E-state index >= 15 is 0 Å². The van der Waals surface area contributed by atoms with Gasteiger partial charge in [-0.3, -0.25) is 9.69 Å². The lowest BCUT2D eigenvalue weighted by Crippen LogP contribution is -2.48. The average Bonchev–Trinajstić information content (AvgIpc) is 3.51. The van der Waals surface area contributed by atoms with Gasteiger partial charge in [-0.05, 0) is 43.3 Å². The van der Waals surface area contributed by atoms with Crippen molar-refractivity contribution in [2.75, 3.05) is 26.2 Å². The Morgan fingerprint density at radius 2 is 1.64 bits per heavy atom. The van der Waals surface area contributed by atoms with Crippen LogP contribution in [0.2, 0.25) is 0 Å². The first kappa shape index (κ1) is 21.1. The first-order chi connectivity index (χ1) is 16.0. The van der Waals surface area contributed by atoms with Gasteiger partial charge in [-0.15, -0.1) is 0 Å². The van der Waals surface area contributed by atoms with Crippen LogP contribution in [0.3, 0.4) is 0 Å². The third kappa shape index (κ3) is 4.70. The number of aryl methyl sites for hydroxylation is 1. The molecular weight excluding hydrogens is 423 g/mol. The number of amides is 1. The fourth-order valence-electron chi connectivity index (χ4n) is 3.82. The molecule has 0 aliphatic carbocycles. The largest absolute Gasteiger partial charge is 0.451 e. The molecule has 1 aliphatic heterocycles. The minimum atomic E-state index is -0.314. The smallest absolute Gasteiger partial charge is 0.289 e. The van der Waals surface area contributed by atoms with Gasteiger partial charge >= 0.3 is 0 Å². The standard InChI is InChI=1S/C25H23FN4O3/c1-17-2-4-19(5-3-17)24-27-23(33-28-24)16-29-12-14-30(15-13-29)25(31)22-11-10-21(32-22)18-6-8-20(26)9-7-18/h2-11H,12-16H2,1H3. The first-order valence-electron chi connectivity index (χ1n) is 10.8. The summed E-state index contributed by atoms with van der Waals surface area (Å²) in [7, 11) is 0.